The van der Waals surface area contributed by atoms with Gasteiger partial charge in [0.2, 0.25) is 0 Å². The van der Waals surface area contributed by atoms with Gasteiger partial charge in [0.05, 0.1) is 17.7 Å². The molecule has 0 heterocycles. The van der Waals surface area contributed by atoms with Gasteiger partial charge in [-0.2, -0.15) is 5.11 Å². The topological polar surface area (TPSA) is 126 Å². The summed E-state index contributed by atoms with van der Waals surface area (Å²) in [6, 6.07) is 18.9. The van der Waals surface area contributed by atoms with Gasteiger partial charge in [-0.15, -0.1) is 5.11 Å². The van der Waals surface area contributed by atoms with Crippen molar-refractivity contribution in [2.24, 2.45) is 10.2 Å². The Morgan fingerprint density at radius 2 is 1.75 bits per heavy atom. The van der Waals surface area contributed by atoms with E-state index < -0.39 is 16.6 Å². The molecule has 0 saturated carbocycles. The van der Waals surface area contributed by atoms with Gasteiger partial charge in [0, 0.05) is 23.4 Å². The Morgan fingerprint density at radius 1 is 1.06 bits per heavy atom. The molecule has 3 aromatic rings. The van der Waals surface area contributed by atoms with Crippen molar-refractivity contribution < 1.29 is 19.6 Å². The van der Waals surface area contributed by atoms with Gasteiger partial charge in [0.1, 0.15) is 5.75 Å². The molecule has 0 aromatic heterocycles. The highest BCUT2D eigenvalue weighted by atomic mass is 16.6. The highest BCUT2D eigenvalue weighted by Gasteiger charge is 2.18. The number of aliphatic hydroxyl groups excluding tert-OH is 1. The second kappa shape index (κ2) is 9.98. The summed E-state index contributed by atoms with van der Waals surface area (Å²) < 4.78 is 5.10. The summed E-state index contributed by atoms with van der Waals surface area (Å²) in [6.07, 6.45) is 0. The Hall–Kier alpha value is -4.53. The second-order valence-electron chi connectivity index (χ2n) is 6.72. The highest BCUT2D eigenvalue weighted by Crippen LogP contribution is 2.24. The van der Waals surface area contributed by atoms with E-state index in [1.165, 1.54) is 31.4 Å². The van der Waals surface area contributed by atoms with Gasteiger partial charge in [-0.1, -0.05) is 12.1 Å². The van der Waals surface area contributed by atoms with Crippen molar-refractivity contribution in [3.8, 4) is 5.75 Å². The number of benzene rings is 3. The molecular weight excluding hydrogens is 412 g/mol. The number of amides is 1. The molecule has 0 saturated heterocycles. The van der Waals surface area contributed by atoms with E-state index in [0.29, 0.717) is 17.1 Å². The number of ether oxygens (including phenoxy) is 1. The van der Waals surface area contributed by atoms with Crippen LogP contribution in [0.3, 0.4) is 0 Å². The maximum Gasteiger partial charge on any atom is 0.280 e. The van der Waals surface area contributed by atoms with Gasteiger partial charge in [-0.3, -0.25) is 14.9 Å². The molecule has 0 atom stereocenters. The number of carbonyl (C=O) groups excluding carboxylic acids is 1. The third-order valence-corrected chi connectivity index (χ3v) is 4.40. The normalized spacial score (nSPS) is 11.7. The van der Waals surface area contributed by atoms with Gasteiger partial charge >= 0.3 is 0 Å². The maximum absolute atomic E-state index is 12.9. The minimum absolute atomic E-state index is 0.146. The molecular formula is C23H20N4O5. The molecule has 3 rings (SSSR count). The third kappa shape index (κ3) is 5.54. The fourth-order valence-corrected chi connectivity index (χ4v) is 2.75. The van der Waals surface area contributed by atoms with Crippen LogP contribution in [-0.4, -0.2) is 23.0 Å². The van der Waals surface area contributed by atoms with Crippen LogP contribution in [0.2, 0.25) is 0 Å². The number of non-ortho nitro benzene ring substituents is 1. The fraction of sp³-hybridized carbons (Fsp3) is 0.0870. The number of methoxy groups -OCH3 is 1. The van der Waals surface area contributed by atoms with Crippen LogP contribution in [0.25, 0.3) is 5.76 Å². The quantitative estimate of drug-likeness (QED) is 0.166. The number of nitro benzene ring substituents is 1. The number of aryl methyl sites for hydroxylation is 1. The van der Waals surface area contributed by atoms with E-state index >= 15 is 0 Å². The summed E-state index contributed by atoms with van der Waals surface area (Å²) in [5.41, 5.74) is 1.57. The van der Waals surface area contributed by atoms with Crippen LogP contribution in [0.15, 0.2) is 88.7 Å². The third-order valence-electron chi connectivity index (χ3n) is 4.40. The standard InChI is InChI=1S/C23H20N4O5/c1-15-4-3-5-18(14-15)24-23(29)21(26-25-17-8-12-20(32-2)13-9-17)22(28)16-6-10-19(11-7-16)27(30)31/h3-14,28H,1-2H3,(H,24,29). The smallest absolute Gasteiger partial charge is 0.280 e. The van der Waals surface area contributed by atoms with E-state index in [9.17, 15) is 20.0 Å². The summed E-state index contributed by atoms with van der Waals surface area (Å²) in [5, 5.41) is 32.3. The van der Waals surface area contributed by atoms with Crippen molar-refractivity contribution in [1.29, 1.82) is 0 Å². The second-order valence-corrected chi connectivity index (χ2v) is 6.72. The molecule has 9 nitrogen and oxygen atoms in total. The number of anilines is 1. The predicted molar refractivity (Wildman–Crippen MR) is 120 cm³/mol. The SMILES string of the molecule is COc1ccc(N=NC(C(=O)Nc2cccc(C)c2)=C(O)c2ccc([N+](=O)[O-])cc2)cc1. The number of rotatable bonds is 7. The lowest BCUT2D eigenvalue weighted by atomic mass is 10.1. The monoisotopic (exact) mass is 432 g/mol. The van der Waals surface area contributed by atoms with Crippen molar-refractivity contribution in [3.63, 3.8) is 0 Å². The van der Waals surface area contributed by atoms with Crippen LogP contribution in [0.1, 0.15) is 11.1 Å². The zero-order valence-corrected chi connectivity index (χ0v) is 17.4. The molecule has 2 N–H and O–H groups in total. The maximum atomic E-state index is 12.9. The molecule has 0 unspecified atom stereocenters. The van der Waals surface area contributed by atoms with Crippen LogP contribution < -0.4 is 10.1 Å². The average molecular weight is 432 g/mol. The molecule has 0 aliphatic carbocycles. The van der Waals surface area contributed by atoms with Crippen LogP contribution in [0.4, 0.5) is 17.1 Å². The van der Waals surface area contributed by atoms with E-state index in [1.54, 1.807) is 42.5 Å². The van der Waals surface area contributed by atoms with Crippen molar-refractivity contribution in [2.75, 3.05) is 12.4 Å². The summed E-state index contributed by atoms with van der Waals surface area (Å²) in [4.78, 5) is 23.3. The summed E-state index contributed by atoms with van der Waals surface area (Å²) in [6.45, 7) is 1.88. The molecule has 3 aromatic carbocycles. The zero-order chi connectivity index (χ0) is 23.1. The first-order valence-electron chi connectivity index (χ1n) is 9.49. The summed E-state index contributed by atoms with van der Waals surface area (Å²) >= 11 is 0. The molecule has 0 spiro atoms. The zero-order valence-electron chi connectivity index (χ0n) is 17.4. The summed E-state index contributed by atoms with van der Waals surface area (Å²) in [5.74, 6) is -0.531. The minimum Gasteiger partial charge on any atom is -0.505 e. The van der Waals surface area contributed by atoms with Crippen molar-refractivity contribution in [3.05, 3.63) is 99.7 Å². The lowest BCUT2D eigenvalue weighted by molar-refractivity contribution is -0.384. The van der Waals surface area contributed by atoms with Crippen molar-refractivity contribution >= 4 is 28.7 Å². The first kappa shape index (κ1) is 22.2. The number of nitrogens with zero attached hydrogens (tertiary/aromatic N) is 3. The number of hydrogen-bond acceptors (Lipinski definition) is 7. The molecule has 0 aliphatic heterocycles. The Balaban J connectivity index is 1.98. The Morgan fingerprint density at radius 3 is 2.34 bits per heavy atom. The van der Waals surface area contributed by atoms with Crippen LogP contribution in [0.5, 0.6) is 5.75 Å². The van der Waals surface area contributed by atoms with E-state index in [1.807, 2.05) is 13.0 Å². The lowest BCUT2D eigenvalue weighted by Crippen LogP contribution is -2.15. The van der Waals surface area contributed by atoms with Crippen LogP contribution in [0, 0.1) is 17.0 Å². The predicted octanol–water partition coefficient (Wildman–Crippen LogP) is 5.56. The molecule has 1 amide bonds. The molecule has 162 valence electrons. The van der Waals surface area contributed by atoms with E-state index in [0.717, 1.165) is 5.56 Å². The average Bonchev–Trinajstić information content (AvgIpc) is 2.79. The van der Waals surface area contributed by atoms with E-state index in [4.69, 9.17) is 4.74 Å². The van der Waals surface area contributed by atoms with E-state index in [-0.39, 0.29) is 16.9 Å². The van der Waals surface area contributed by atoms with Gasteiger partial charge in [-0.25, -0.2) is 0 Å². The molecule has 0 bridgehead atoms. The van der Waals surface area contributed by atoms with Gasteiger partial charge < -0.3 is 15.2 Å². The number of carbonyl (C=O) groups is 1. The molecule has 0 aliphatic rings. The minimum atomic E-state index is -0.691. The highest BCUT2D eigenvalue weighted by molar-refractivity contribution is 6.07. The van der Waals surface area contributed by atoms with Crippen LogP contribution in [-0.2, 0) is 4.79 Å². The van der Waals surface area contributed by atoms with Gasteiger partial charge in [-0.05, 0) is 61.0 Å². The number of hydrogen-bond donors (Lipinski definition) is 2. The summed E-state index contributed by atoms with van der Waals surface area (Å²) in [7, 11) is 1.54. The van der Waals surface area contributed by atoms with Crippen molar-refractivity contribution in [1.82, 2.24) is 0 Å². The lowest BCUT2D eigenvalue weighted by Gasteiger charge is -2.08. The van der Waals surface area contributed by atoms with E-state index in [2.05, 4.69) is 15.5 Å². The number of azo groups is 1. The Bertz CT molecular complexity index is 1190. The largest absolute Gasteiger partial charge is 0.505 e. The van der Waals surface area contributed by atoms with Crippen LogP contribution >= 0.6 is 0 Å². The number of aliphatic hydroxyl groups is 1. The fourth-order valence-electron chi connectivity index (χ4n) is 2.75. The van der Waals surface area contributed by atoms with Gasteiger partial charge in [0.25, 0.3) is 11.6 Å². The number of nitrogens with one attached hydrogen (secondary N) is 1. The number of nitro groups is 1. The first-order valence-corrected chi connectivity index (χ1v) is 9.49. The molecule has 0 fully saturated rings. The molecule has 32 heavy (non-hydrogen) atoms. The van der Waals surface area contributed by atoms with Crippen molar-refractivity contribution in [2.45, 2.75) is 6.92 Å². The molecule has 0 radical (unpaired) electrons. The Kier molecular flexibility index (Phi) is 6.92. The van der Waals surface area contributed by atoms with Gasteiger partial charge in [0.15, 0.2) is 11.5 Å². The first-order chi connectivity index (χ1) is 15.4. The Labute approximate surface area is 183 Å². The molecule has 9 heteroatoms.